The Hall–Kier alpha value is -1.44. The average molecular weight is 311 g/mol. The van der Waals surface area contributed by atoms with Crippen LogP contribution in [0.5, 0.6) is 0 Å². The zero-order chi connectivity index (χ0) is 14.4. The highest BCUT2D eigenvalue weighted by Crippen LogP contribution is 2.24. The number of hydrogen-bond acceptors (Lipinski definition) is 5. The number of pyridine rings is 1. The highest BCUT2D eigenvalue weighted by molar-refractivity contribution is 7.94. The molecule has 2 rings (SSSR count). The Kier molecular flexibility index (Phi) is 5.11. The normalized spacial score (nSPS) is 11.4. The van der Waals surface area contributed by atoms with Crippen LogP contribution in [0, 0.1) is 0 Å². The molecule has 0 saturated carbocycles. The Morgan fingerprint density at radius 3 is 2.85 bits per heavy atom. The predicted octanol–water partition coefficient (Wildman–Crippen LogP) is 2.10. The summed E-state index contributed by atoms with van der Waals surface area (Å²) in [4.78, 5) is 4.94. The Bertz CT molecular complexity index is 639. The smallest absolute Gasteiger partial charge is 0.271 e. The molecule has 2 heterocycles. The van der Waals surface area contributed by atoms with Crippen molar-refractivity contribution in [3.63, 3.8) is 0 Å². The van der Waals surface area contributed by atoms with Crippen LogP contribution < -0.4 is 10.0 Å². The van der Waals surface area contributed by atoms with Gasteiger partial charge in [0.15, 0.2) is 0 Å². The number of rotatable bonds is 7. The standard InChI is InChI=1S/C13H17N3O2S2/c1-2-14-9-7-12-5-6-13(19-12)20(17,18)16-11-4-3-8-15-10-11/h3-6,8,10,14,16H,2,7,9H2,1H3. The molecule has 0 amide bonds. The summed E-state index contributed by atoms with van der Waals surface area (Å²) >= 11 is 1.30. The Morgan fingerprint density at radius 2 is 2.15 bits per heavy atom. The van der Waals surface area contributed by atoms with Crippen LogP contribution in [0.1, 0.15) is 11.8 Å². The molecule has 2 aromatic rings. The number of hydrogen-bond donors (Lipinski definition) is 2. The highest BCUT2D eigenvalue weighted by atomic mass is 32.2. The minimum atomic E-state index is -3.51. The third kappa shape index (κ3) is 4.03. The summed E-state index contributed by atoms with van der Waals surface area (Å²) in [5.74, 6) is 0. The fourth-order valence-corrected chi connectivity index (χ4v) is 4.05. The molecular formula is C13H17N3O2S2. The van der Waals surface area contributed by atoms with Crippen LogP contribution in [0.4, 0.5) is 5.69 Å². The molecule has 0 fully saturated rings. The van der Waals surface area contributed by atoms with Gasteiger partial charge >= 0.3 is 0 Å². The first-order chi connectivity index (χ1) is 9.62. The van der Waals surface area contributed by atoms with Crippen LogP contribution >= 0.6 is 11.3 Å². The van der Waals surface area contributed by atoms with Crippen molar-refractivity contribution in [2.24, 2.45) is 0 Å². The van der Waals surface area contributed by atoms with Gasteiger partial charge in [-0.05, 0) is 43.8 Å². The van der Waals surface area contributed by atoms with Gasteiger partial charge in [0.2, 0.25) is 0 Å². The Labute approximate surface area is 123 Å². The lowest BCUT2D eigenvalue weighted by Crippen LogP contribution is -2.15. The average Bonchev–Trinajstić information content (AvgIpc) is 2.89. The maximum absolute atomic E-state index is 12.2. The largest absolute Gasteiger partial charge is 0.317 e. The summed E-state index contributed by atoms with van der Waals surface area (Å²) in [6.45, 7) is 3.81. The molecule has 0 spiro atoms. The van der Waals surface area contributed by atoms with E-state index in [-0.39, 0.29) is 0 Å². The van der Waals surface area contributed by atoms with Crippen molar-refractivity contribution in [3.8, 4) is 0 Å². The Balaban J connectivity index is 2.06. The van der Waals surface area contributed by atoms with Gasteiger partial charge in [-0.3, -0.25) is 9.71 Å². The van der Waals surface area contributed by atoms with E-state index in [1.165, 1.54) is 17.5 Å². The summed E-state index contributed by atoms with van der Waals surface area (Å²) in [6.07, 6.45) is 3.92. The van der Waals surface area contributed by atoms with E-state index in [9.17, 15) is 8.42 Å². The number of aromatic nitrogens is 1. The zero-order valence-corrected chi connectivity index (χ0v) is 12.8. The van der Waals surface area contributed by atoms with Gasteiger partial charge in [0, 0.05) is 11.1 Å². The second-order valence-electron chi connectivity index (χ2n) is 4.17. The van der Waals surface area contributed by atoms with Gasteiger partial charge in [-0.2, -0.15) is 0 Å². The van der Waals surface area contributed by atoms with Gasteiger partial charge in [-0.15, -0.1) is 11.3 Å². The van der Waals surface area contributed by atoms with Gasteiger partial charge in [0.1, 0.15) is 4.21 Å². The highest BCUT2D eigenvalue weighted by Gasteiger charge is 2.16. The van der Waals surface area contributed by atoms with E-state index in [1.807, 2.05) is 13.0 Å². The zero-order valence-electron chi connectivity index (χ0n) is 11.2. The van der Waals surface area contributed by atoms with Gasteiger partial charge in [0.05, 0.1) is 11.9 Å². The predicted molar refractivity (Wildman–Crippen MR) is 81.6 cm³/mol. The summed E-state index contributed by atoms with van der Waals surface area (Å²) in [5.41, 5.74) is 0.468. The van der Waals surface area contributed by atoms with E-state index >= 15 is 0 Å². The minimum absolute atomic E-state index is 0.327. The summed E-state index contributed by atoms with van der Waals surface area (Å²) in [6, 6.07) is 6.86. The Morgan fingerprint density at radius 1 is 1.30 bits per heavy atom. The maximum Gasteiger partial charge on any atom is 0.271 e. The van der Waals surface area contributed by atoms with Crippen molar-refractivity contribution in [2.75, 3.05) is 17.8 Å². The van der Waals surface area contributed by atoms with E-state index in [2.05, 4.69) is 15.0 Å². The van der Waals surface area contributed by atoms with Crippen molar-refractivity contribution in [1.29, 1.82) is 0 Å². The molecule has 7 heteroatoms. The number of likely N-dealkylation sites (N-methyl/N-ethyl adjacent to an activating group) is 1. The van der Waals surface area contributed by atoms with E-state index in [0.717, 1.165) is 24.4 Å². The first-order valence-electron chi connectivity index (χ1n) is 6.34. The van der Waals surface area contributed by atoms with Crippen molar-refractivity contribution in [1.82, 2.24) is 10.3 Å². The lowest BCUT2D eigenvalue weighted by molar-refractivity contribution is 0.603. The molecule has 0 aliphatic carbocycles. The molecule has 2 N–H and O–H groups in total. The molecular weight excluding hydrogens is 294 g/mol. The first-order valence-corrected chi connectivity index (χ1v) is 8.64. The van der Waals surface area contributed by atoms with Crippen LogP contribution in [0.25, 0.3) is 0 Å². The molecule has 0 aromatic carbocycles. The van der Waals surface area contributed by atoms with Gasteiger partial charge in [-0.1, -0.05) is 6.92 Å². The number of nitrogens with one attached hydrogen (secondary N) is 2. The first kappa shape index (κ1) is 15.0. The number of sulfonamides is 1. The SMILES string of the molecule is CCNCCc1ccc(S(=O)(=O)Nc2cccnc2)s1. The van der Waals surface area contributed by atoms with E-state index < -0.39 is 10.0 Å². The van der Waals surface area contributed by atoms with Crippen molar-refractivity contribution in [2.45, 2.75) is 17.6 Å². The molecule has 108 valence electrons. The molecule has 0 atom stereocenters. The molecule has 2 aromatic heterocycles. The van der Waals surface area contributed by atoms with Crippen LogP contribution in [-0.2, 0) is 16.4 Å². The molecule has 0 unspecified atom stereocenters. The third-order valence-electron chi connectivity index (χ3n) is 2.61. The van der Waals surface area contributed by atoms with Crippen molar-refractivity contribution < 1.29 is 8.42 Å². The van der Waals surface area contributed by atoms with Crippen LogP contribution in [-0.4, -0.2) is 26.5 Å². The van der Waals surface area contributed by atoms with Crippen LogP contribution in [0.2, 0.25) is 0 Å². The second-order valence-corrected chi connectivity index (χ2v) is 7.25. The summed E-state index contributed by atoms with van der Waals surface area (Å²) in [5, 5.41) is 3.22. The quantitative estimate of drug-likeness (QED) is 0.768. The van der Waals surface area contributed by atoms with E-state index in [1.54, 1.807) is 24.4 Å². The van der Waals surface area contributed by atoms with E-state index in [4.69, 9.17) is 0 Å². The molecule has 0 bridgehead atoms. The molecule has 5 nitrogen and oxygen atoms in total. The molecule has 0 radical (unpaired) electrons. The third-order valence-corrected chi connectivity index (χ3v) is 5.63. The minimum Gasteiger partial charge on any atom is -0.317 e. The van der Waals surface area contributed by atoms with Crippen molar-refractivity contribution in [3.05, 3.63) is 41.5 Å². The fraction of sp³-hybridized carbons (Fsp3) is 0.308. The maximum atomic E-state index is 12.2. The van der Waals surface area contributed by atoms with E-state index in [0.29, 0.717) is 9.90 Å². The fourth-order valence-electron chi connectivity index (χ4n) is 1.65. The van der Waals surface area contributed by atoms with Crippen LogP contribution in [0.15, 0.2) is 40.9 Å². The molecule has 20 heavy (non-hydrogen) atoms. The summed E-state index contributed by atoms with van der Waals surface area (Å²) < 4.78 is 27.2. The number of nitrogens with zero attached hydrogens (tertiary/aromatic N) is 1. The van der Waals surface area contributed by atoms with Gasteiger partial charge in [0.25, 0.3) is 10.0 Å². The van der Waals surface area contributed by atoms with Gasteiger partial charge in [-0.25, -0.2) is 8.42 Å². The molecule has 0 aliphatic rings. The number of thiophene rings is 1. The molecule has 0 aliphatic heterocycles. The topological polar surface area (TPSA) is 71.1 Å². The van der Waals surface area contributed by atoms with Crippen LogP contribution in [0.3, 0.4) is 0 Å². The lowest BCUT2D eigenvalue weighted by Gasteiger charge is -2.04. The van der Waals surface area contributed by atoms with Crippen molar-refractivity contribution >= 4 is 27.0 Å². The lowest BCUT2D eigenvalue weighted by atomic mass is 10.3. The van der Waals surface area contributed by atoms with Gasteiger partial charge < -0.3 is 5.32 Å². The molecule has 0 saturated heterocycles. The number of anilines is 1. The monoisotopic (exact) mass is 311 g/mol. The summed E-state index contributed by atoms with van der Waals surface area (Å²) in [7, 11) is -3.51. The second kappa shape index (κ2) is 6.83.